The van der Waals surface area contributed by atoms with Crippen LogP contribution in [0, 0.1) is 0 Å². The summed E-state index contributed by atoms with van der Waals surface area (Å²) in [7, 11) is -2.67. The molecule has 0 bridgehead atoms. The highest BCUT2D eigenvalue weighted by Crippen LogP contribution is 2.26. The molecule has 0 aromatic carbocycles. The second-order valence-electron chi connectivity index (χ2n) is 12.6. The van der Waals surface area contributed by atoms with Crippen LogP contribution in [0.2, 0.25) is 50.4 Å². The molecule has 0 aliphatic carbocycles. The highest BCUT2D eigenvalue weighted by Gasteiger charge is 2.32. The molecule has 0 spiro atoms. The lowest BCUT2D eigenvalue weighted by Crippen LogP contribution is -2.44. The van der Waals surface area contributed by atoms with E-state index in [2.05, 4.69) is 63.5 Å². The zero-order chi connectivity index (χ0) is 26.5. The van der Waals surface area contributed by atoms with E-state index in [0.29, 0.717) is 0 Å². The summed E-state index contributed by atoms with van der Waals surface area (Å²) in [5.74, 6) is 0. The van der Waals surface area contributed by atoms with Gasteiger partial charge >= 0.3 is 0 Å². The van der Waals surface area contributed by atoms with Gasteiger partial charge in [-0.05, 0) is 76.1 Å². The van der Waals surface area contributed by atoms with Gasteiger partial charge < -0.3 is 4.12 Å². The summed E-state index contributed by atoms with van der Waals surface area (Å²) in [5.41, 5.74) is 0. The van der Waals surface area contributed by atoms with E-state index in [-0.39, 0.29) is 9.52 Å². The van der Waals surface area contributed by atoms with E-state index in [0.717, 1.165) is 0 Å². The van der Waals surface area contributed by atoms with Crippen LogP contribution in [0.25, 0.3) is 0 Å². The summed E-state index contributed by atoms with van der Waals surface area (Å²) in [5, 5.41) is 0. The Bertz CT molecular complexity index is 629. The molecule has 0 saturated heterocycles. The van der Waals surface area contributed by atoms with Gasteiger partial charge in [-0.1, -0.05) is 109 Å². The van der Waals surface area contributed by atoms with E-state index in [9.17, 15) is 0 Å². The van der Waals surface area contributed by atoms with Gasteiger partial charge in [0.15, 0.2) is 16.6 Å². The SMILES string of the molecule is CCCCCCc1ccc(CCCCCCCCCCC[Si](C)(C)O[Si](C)(C)CCC[SiH2]CCC)s1. The van der Waals surface area contributed by atoms with Gasteiger partial charge in [0.1, 0.15) is 0 Å². The summed E-state index contributed by atoms with van der Waals surface area (Å²) < 4.78 is 6.87. The Morgan fingerprint density at radius 1 is 0.583 bits per heavy atom. The summed E-state index contributed by atoms with van der Waals surface area (Å²) in [6.45, 7) is 14.6. The quantitative estimate of drug-likeness (QED) is 0.0841. The molecule has 0 fully saturated rings. The van der Waals surface area contributed by atoms with Crippen LogP contribution in [-0.4, -0.2) is 26.2 Å². The molecule has 1 heterocycles. The molecule has 1 aromatic heterocycles. The fourth-order valence-electron chi connectivity index (χ4n) is 5.51. The number of rotatable bonds is 25. The van der Waals surface area contributed by atoms with E-state index in [4.69, 9.17) is 4.12 Å². The molecule has 0 amide bonds. The highest BCUT2D eigenvalue weighted by molar-refractivity contribution is 7.12. The van der Waals surface area contributed by atoms with Gasteiger partial charge in [0.05, 0.1) is 0 Å². The molecule has 0 atom stereocenters. The molecular weight excluding hydrogens is 505 g/mol. The summed E-state index contributed by atoms with van der Waals surface area (Å²) in [6.07, 6.45) is 23.8. The number of unbranched alkanes of at least 4 members (excludes halogenated alkanes) is 11. The Kier molecular flexibility index (Phi) is 20.2. The molecular formula is C31H64OSSi3. The zero-order valence-corrected chi connectivity index (χ0v) is 29.8. The lowest BCUT2D eigenvalue weighted by Gasteiger charge is -2.34. The topological polar surface area (TPSA) is 9.23 Å². The molecule has 0 aliphatic heterocycles. The molecule has 5 heteroatoms. The predicted octanol–water partition coefficient (Wildman–Crippen LogP) is 11.2. The number of hydrogen-bond donors (Lipinski definition) is 0. The third-order valence-corrected chi connectivity index (χ3v) is 18.6. The molecule has 1 nitrogen and oxygen atoms in total. The summed E-state index contributed by atoms with van der Waals surface area (Å²) in [6, 6.07) is 10.6. The number of aryl methyl sites for hydroxylation is 2. The van der Waals surface area contributed by atoms with Crippen LogP contribution in [-0.2, 0) is 17.0 Å². The summed E-state index contributed by atoms with van der Waals surface area (Å²) >= 11 is 2.08. The molecule has 36 heavy (non-hydrogen) atoms. The van der Waals surface area contributed by atoms with Crippen molar-refractivity contribution in [2.75, 3.05) is 0 Å². The fraction of sp³-hybridized carbons (Fsp3) is 0.871. The van der Waals surface area contributed by atoms with Crippen LogP contribution in [0.15, 0.2) is 12.1 Å². The maximum atomic E-state index is 6.87. The van der Waals surface area contributed by atoms with E-state index >= 15 is 0 Å². The Morgan fingerprint density at radius 3 is 1.58 bits per heavy atom. The fourth-order valence-corrected chi connectivity index (χ4v) is 17.6. The molecule has 212 valence electrons. The van der Waals surface area contributed by atoms with E-state index in [1.54, 1.807) is 21.8 Å². The Labute approximate surface area is 236 Å². The Morgan fingerprint density at radius 2 is 1.06 bits per heavy atom. The van der Waals surface area contributed by atoms with Crippen molar-refractivity contribution in [3.8, 4) is 0 Å². The normalized spacial score (nSPS) is 12.8. The van der Waals surface area contributed by atoms with Gasteiger partial charge in [0, 0.05) is 19.3 Å². The monoisotopic (exact) mass is 568 g/mol. The minimum Gasteiger partial charge on any atom is -0.455 e. The maximum Gasteiger partial charge on any atom is 0.173 e. The van der Waals surface area contributed by atoms with E-state index in [1.807, 2.05) is 0 Å². The van der Waals surface area contributed by atoms with Gasteiger partial charge in [0.25, 0.3) is 0 Å². The number of hydrogen-bond acceptors (Lipinski definition) is 2. The standard InChI is InChI=1S/C31H64OSSi3/c1-7-9-10-18-22-30-24-25-31(33-30)23-19-16-14-12-11-13-15-17-20-28-35(3,4)32-36(5,6)29-21-27-34-26-8-2/h24-25H,7-23,26-29,34H2,1-6H3. The van der Waals surface area contributed by atoms with Crippen LogP contribution in [0.5, 0.6) is 0 Å². The summed E-state index contributed by atoms with van der Waals surface area (Å²) in [4.78, 5) is 3.24. The lowest BCUT2D eigenvalue weighted by molar-refractivity contribution is 0.523. The first kappa shape index (κ1) is 34.3. The van der Waals surface area contributed by atoms with Crippen LogP contribution in [0.3, 0.4) is 0 Å². The minimum absolute atomic E-state index is 0.234. The number of thiophene rings is 1. The third-order valence-electron chi connectivity index (χ3n) is 7.63. The van der Waals surface area contributed by atoms with Crippen LogP contribution in [0.4, 0.5) is 0 Å². The average molecular weight is 569 g/mol. The van der Waals surface area contributed by atoms with Gasteiger partial charge in [-0.2, -0.15) is 0 Å². The largest absolute Gasteiger partial charge is 0.455 e. The smallest absolute Gasteiger partial charge is 0.173 e. The third kappa shape index (κ3) is 19.4. The minimum atomic E-state index is -1.47. The second-order valence-corrected chi connectivity index (χ2v) is 24.9. The van der Waals surface area contributed by atoms with E-state index in [1.165, 1.54) is 121 Å². The Hall–Kier alpha value is 0.311. The highest BCUT2D eigenvalue weighted by atomic mass is 32.1. The molecule has 0 saturated carbocycles. The van der Waals surface area contributed by atoms with Crippen LogP contribution >= 0.6 is 11.3 Å². The molecule has 1 aromatic rings. The van der Waals surface area contributed by atoms with Crippen LogP contribution < -0.4 is 0 Å². The molecule has 0 aliphatic rings. The van der Waals surface area contributed by atoms with E-state index < -0.39 is 16.6 Å². The van der Waals surface area contributed by atoms with Crippen molar-refractivity contribution in [2.24, 2.45) is 0 Å². The van der Waals surface area contributed by atoms with Crippen LogP contribution in [0.1, 0.15) is 120 Å². The van der Waals surface area contributed by atoms with Crippen molar-refractivity contribution in [3.63, 3.8) is 0 Å². The molecule has 0 radical (unpaired) electrons. The predicted molar refractivity (Wildman–Crippen MR) is 176 cm³/mol. The first-order valence-corrected chi connectivity index (χ1v) is 25.1. The van der Waals surface area contributed by atoms with Gasteiger partial charge in [-0.25, -0.2) is 0 Å². The first-order chi connectivity index (χ1) is 17.3. The van der Waals surface area contributed by atoms with Crippen molar-refractivity contribution in [3.05, 3.63) is 21.9 Å². The second kappa shape index (κ2) is 21.2. The molecule has 1 rings (SSSR count). The van der Waals surface area contributed by atoms with Gasteiger partial charge in [-0.3, -0.25) is 0 Å². The maximum absolute atomic E-state index is 6.87. The lowest BCUT2D eigenvalue weighted by atomic mass is 10.1. The van der Waals surface area contributed by atoms with Crippen molar-refractivity contribution in [2.45, 2.75) is 173 Å². The molecule has 0 unspecified atom stereocenters. The van der Waals surface area contributed by atoms with Gasteiger partial charge in [0.2, 0.25) is 0 Å². The van der Waals surface area contributed by atoms with Crippen molar-refractivity contribution in [1.82, 2.24) is 0 Å². The van der Waals surface area contributed by atoms with Crippen molar-refractivity contribution in [1.29, 1.82) is 0 Å². The average Bonchev–Trinajstić information content (AvgIpc) is 3.27. The molecule has 0 N–H and O–H groups in total. The first-order valence-electron chi connectivity index (χ1n) is 16.1. The Balaban J connectivity index is 1.97. The van der Waals surface area contributed by atoms with Crippen molar-refractivity contribution < 1.29 is 4.12 Å². The van der Waals surface area contributed by atoms with Crippen molar-refractivity contribution >= 4 is 37.5 Å². The zero-order valence-electron chi connectivity index (χ0n) is 25.5. The van der Waals surface area contributed by atoms with Gasteiger partial charge in [-0.15, -0.1) is 11.3 Å².